The van der Waals surface area contributed by atoms with E-state index in [1.807, 2.05) is 20.8 Å². The lowest BCUT2D eigenvalue weighted by molar-refractivity contribution is -0.140. The molecule has 2 aromatic carbocycles. The first-order valence-electron chi connectivity index (χ1n) is 10.7. The van der Waals surface area contributed by atoms with Crippen molar-refractivity contribution in [3.05, 3.63) is 64.2 Å². The molecule has 3 rings (SSSR count). The highest BCUT2D eigenvalue weighted by Crippen LogP contribution is 2.41. The minimum atomic E-state index is -0.804. The fourth-order valence-electron chi connectivity index (χ4n) is 3.75. The molecule has 1 N–H and O–H groups in total. The maximum atomic E-state index is 13.1. The normalized spacial score (nSPS) is 17.6. The summed E-state index contributed by atoms with van der Waals surface area (Å²) < 4.78 is 16.5. The van der Waals surface area contributed by atoms with Crippen LogP contribution >= 0.6 is 11.6 Å². The Balaban J connectivity index is 2.16. The van der Waals surface area contributed by atoms with Crippen LogP contribution in [0.5, 0.6) is 11.5 Å². The standard InChI is InChI=1S/C25H28ClNO6/c1-5-32-20-14-17(9-10-19(20)26)23(28)21-22(27(11-12-31-4)25(30)24(21)29)16-7-6-8-18(13-16)33-15(2)3/h6-10,13-15,22,28H,5,11-12H2,1-4H3/b23-21-. The zero-order chi connectivity index (χ0) is 24.1. The third-order valence-corrected chi connectivity index (χ3v) is 5.44. The molecule has 8 heteroatoms. The van der Waals surface area contributed by atoms with Crippen LogP contribution in [0.25, 0.3) is 5.76 Å². The number of carbonyl (C=O) groups is 2. The summed E-state index contributed by atoms with van der Waals surface area (Å²) in [5.41, 5.74) is 0.957. The lowest BCUT2D eigenvalue weighted by Gasteiger charge is -2.25. The molecule has 1 unspecified atom stereocenters. The number of rotatable bonds is 9. The molecule has 0 saturated carbocycles. The molecule has 7 nitrogen and oxygen atoms in total. The highest BCUT2D eigenvalue weighted by molar-refractivity contribution is 6.46. The molecule has 1 heterocycles. The fourth-order valence-corrected chi connectivity index (χ4v) is 3.92. The maximum absolute atomic E-state index is 13.1. The number of halogens is 1. The van der Waals surface area contributed by atoms with E-state index in [4.69, 9.17) is 25.8 Å². The van der Waals surface area contributed by atoms with Crippen LogP contribution in [0.2, 0.25) is 5.02 Å². The number of ether oxygens (including phenoxy) is 3. The van der Waals surface area contributed by atoms with E-state index in [2.05, 4.69) is 0 Å². The van der Waals surface area contributed by atoms with Gasteiger partial charge in [-0.1, -0.05) is 23.7 Å². The van der Waals surface area contributed by atoms with Gasteiger partial charge < -0.3 is 24.2 Å². The van der Waals surface area contributed by atoms with Crippen molar-refractivity contribution in [1.82, 2.24) is 4.90 Å². The first kappa shape index (κ1) is 24.6. The van der Waals surface area contributed by atoms with Crippen LogP contribution in [-0.4, -0.2) is 54.7 Å². The molecule has 0 bridgehead atoms. The molecular weight excluding hydrogens is 446 g/mol. The SMILES string of the molecule is CCOc1cc(/C(O)=C2/C(=O)C(=O)N(CCOC)C2c2cccc(OC(C)C)c2)ccc1Cl. The van der Waals surface area contributed by atoms with Gasteiger partial charge in [-0.3, -0.25) is 9.59 Å². The van der Waals surface area contributed by atoms with E-state index in [1.54, 1.807) is 42.5 Å². The number of nitrogens with zero attached hydrogens (tertiary/aromatic N) is 1. The number of Topliss-reactive ketones (excluding diaryl/α,β-unsaturated/α-hetero) is 1. The van der Waals surface area contributed by atoms with E-state index in [0.717, 1.165) is 0 Å². The zero-order valence-electron chi connectivity index (χ0n) is 19.1. The first-order chi connectivity index (χ1) is 15.8. The third kappa shape index (κ3) is 5.31. The van der Waals surface area contributed by atoms with Gasteiger partial charge in [0.2, 0.25) is 0 Å². The van der Waals surface area contributed by atoms with Crippen LogP contribution in [-0.2, 0) is 14.3 Å². The summed E-state index contributed by atoms with van der Waals surface area (Å²) >= 11 is 6.18. The predicted octanol–water partition coefficient (Wildman–Crippen LogP) is 4.59. The van der Waals surface area contributed by atoms with Crippen LogP contribution < -0.4 is 9.47 Å². The van der Waals surface area contributed by atoms with Crippen molar-refractivity contribution in [3.63, 3.8) is 0 Å². The second kappa shape index (κ2) is 10.7. The van der Waals surface area contributed by atoms with Gasteiger partial charge in [0.15, 0.2) is 0 Å². The summed E-state index contributed by atoms with van der Waals surface area (Å²) in [6.45, 7) is 6.44. The molecule has 1 saturated heterocycles. The van der Waals surface area contributed by atoms with E-state index in [9.17, 15) is 14.7 Å². The van der Waals surface area contributed by atoms with Crippen molar-refractivity contribution >= 4 is 29.1 Å². The number of ketones is 1. The Morgan fingerprint density at radius 2 is 1.94 bits per heavy atom. The van der Waals surface area contributed by atoms with Crippen molar-refractivity contribution in [3.8, 4) is 11.5 Å². The van der Waals surface area contributed by atoms with E-state index in [1.165, 1.54) is 12.0 Å². The second-order valence-corrected chi connectivity index (χ2v) is 8.21. The van der Waals surface area contributed by atoms with Gasteiger partial charge >= 0.3 is 0 Å². The summed E-state index contributed by atoms with van der Waals surface area (Å²) in [6.07, 6.45) is -0.0499. The predicted molar refractivity (Wildman–Crippen MR) is 126 cm³/mol. The number of benzene rings is 2. The number of methoxy groups -OCH3 is 1. The van der Waals surface area contributed by atoms with Crippen LogP contribution in [0.1, 0.15) is 37.9 Å². The molecule has 0 spiro atoms. The summed E-state index contributed by atoms with van der Waals surface area (Å²) in [5, 5.41) is 11.6. The van der Waals surface area contributed by atoms with E-state index < -0.39 is 17.7 Å². The molecular formula is C25H28ClNO6. The average Bonchev–Trinajstić information content (AvgIpc) is 3.03. The summed E-state index contributed by atoms with van der Waals surface area (Å²) in [7, 11) is 1.52. The highest BCUT2D eigenvalue weighted by atomic mass is 35.5. The van der Waals surface area contributed by atoms with Gasteiger partial charge in [0.05, 0.1) is 36.0 Å². The van der Waals surface area contributed by atoms with Gasteiger partial charge in [0.25, 0.3) is 11.7 Å². The lowest BCUT2D eigenvalue weighted by Crippen LogP contribution is -2.32. The fraction of sp³-hybridized carbons (Fsp3) is 0.360. The van der Waals surface area contributed by atoms with Crippen LogP contribution in [0, 0.1) is 0 Å². The number of carbonyl (C=O) groups excluding carboxylic acids is 2. The molecule has 2 aromatic rings. The number of hydrogen-bond donors (Lipinski definition) is 1. The average molecular weight is 474 g/mol. The van der Waals surface area contributed by atoms with Crippen molar-refractivity contribution in [2.75, 3.05) is 26.9 Å². The molecule has 1 atom stereocenters. The Morgan fingerprint density at radius 1 is 1.18 bits per heavy atom. The molecule has 0 aromatic heterocycles. The van der Waals surface area contributed by atoms with Crippen LogP contribution in [0.15, 0.2) is 48.0 Å². The van der Waals surface area contributed by atoms with Crippen LogP contribution in [0.4, 0.5) is 0 Å². The van der Waals surface area contributed by atoms with Crippen molar-refractivity contribution in [1.29, 1.82) is 0 Å². The second-order valence-electron chi connectivity index (χ2n) is 7.80. The Hall–Kier alpha value is -3.03. The van der Waals surface area contributed by atoms with Gasteiger partial charge in [-0.25, -0.2) is 0 Å². The van der Waals surface area contributed by atoms with Gasteiger partial charge in [0, 0.05) is 19.2 Å². The Labute approximate surface area is 198 Å². The monoisotopic (exact) mass is 473 g/mol. The van der Waals surface area contributed by atoms with E-state index in [-0.39, 0.29) is 30.6 Å². The smallest absolute Gasteiger partial charge is 0.295 e. The summed E-state index contributed by atoms with van der Waals surface area (Å²) in [6, 6.07) is 11.1. The molecule has 1 amide bonds. The van der Waals surface area contributed by atoms with Crippen LogP contribution in [0.3, 0.4) is 0 Å². The highest BCUT2D eigenvalue weighted by Gasteiger charge is 2.46. The van der Waals surface area contributed by atoms with E-state index in [0.29, 0.717) is 34.3 Å². The maximum Gasteiger partial charge on any atom is 0.295 e. The molecule has 33 heavy (non-hydrogen) atoms. The van der Waals surface area contributed by atoms with Crippen molar-refractivity contribution in [2.24, 2.45) is 0 Å². The Kier molecular flexibility index (Phi) is 8.00. The number of amides is 1. The number of likely N-dealkylation sites (tertiary alicyclic amines) is 1. The van der Waals surface area contributed by atoms with Gasteiger partial charge in [-0.15, -0.1) is 0 Å². The minimum absolute atomic E-state index is 0.0115. The Morgan fingerprint density at radius 3 is 2.61 bits per heavy atom. The Bertz CT molecular complexity index is 1060. The first-order valence-corrected chi connectivity index (χ1v) is 11.1. The molecule has 1 aliphatic rings. The van der Waals surface area contributed by atoms with Gasteiger partial charge in [0.1, 0.15) is 17.3 Å². The third-order valence-electron chi connectivity index (χ3n) is 5.13. The molecule has 176 valence electrons. The number of aliphatic hydroxyl groups is 1. The van der Waals surface area contributed by atoms with Crippen molar-refractivity contribution in [2.45, 2.75) is 32.9 Å². The molecule has 0 aliphatic carbocycles. The topological polar surface area (TPSA) is 85.3 Å². The number of hydrogen-bond acceptors (Lipinski definition) is 6. The number of aliphatic hydroxyl groups excluding tert-OH is 1. The van der Waals surface area contributed by atoms with Gasteiger partial charge in [-0.2, -0.15) is 0 Å². The summed E-state index contributed by atoms with van der Waals surface area (Å²) in [4.78, 5) is 27.4. The zero-order valence-corrected chi connectivity index (χ0v) is 19.9. The molecule has 1 aliphatic heterocycles. The van der Waals surface area contributed by atoms with Crippen molar-refractivity contribution < 1.29 is 28.9 Å². The lowest BCUT2D eigenvalue weighted by atomic mass is 9.95. The molecule has 0 radical (unpaired) electrons. The van der Waals surface area contributed by atoms with E-state index >= 15 is 0 Å². The largest absolute Gasteiger partial charge is 0.507 e. The van der Waals surface area contributed by atoms with Gasteiger partial charge in [-0.05, 0) is 56.7 Å². The summed E-state index contributed by atoms with van der Waals surface area (Å²) in [5.74, 6) is -0.791. The quantitative estimate of drug-likeness (QED) is 0.325. The minimum Gasteiger partial charge on any atom is -0.507 e. The molecule has 1 fully saturated rings.